The molecule has 1 aromatic heterocycles. The van der Waals surface area contributed by atoms with Crippen LogP contribution in [-0.4, -0.2) is 39.6 Å². The van der Waals surface area contributed by atoms with Crippen molar-refractivity contribution in [1.82, 2.24) is 10.3 Å². The molecule has 3 atom stereocenters. The van der Waals surface area contributed by atoms with E-state index >= 15 is 0 Å². The number of amides is 1. The van der Waals surface area contributed by atoms with Crippen LogP contribution < -0.4 is 5.32 Å². The van der Waals surface area contributed by atoms with E-state index in [-0.39, 0.29) is 18.6 Å². The van der Waals surface area contributed by atoms with Crippen molar-refractivity contribution in [3.8, 4) is 0 Å². The van der Waals surface area contributed by atoms with Gasteiger partial charge in [-0.3, -0.25) is 14.6 Å². The standard InChI is InChI=1S/C24H30N2O5/c1-16(19-12-8-9-13-25-19)18(22(28)29)15-21(27)20(14-17-10-6-5-7-11-17)26-23(30)31-24(2,3)4/h5-13,16,18,20H,14-15H2,1-4H3,(H,26,30)(H,28,29). The van der Waals surface area contributed by atoms with Crippen molar-refractivity contribution in [2.75, 3.05) is 0 Å². The summed E-state index contributed by atoms with van der Waals surface area (Å²) in [6.45, 7) is 6.93. The lowest BCUT2D eigenvalue weighted by Gasteiger charge is -2.25. The molecule has 7 nitrogen and oxygen atoms in total. The number of carboxylic acid groups (broad SMARTS) is 1. The summed E-state index contributed by atoms with van der Waals surface area (Å²) in [6.07, 6.45) is 0.879. The number of pyridine rings is 1. The number of carboxylic acids is 1. The molecule has 2 rings (SSSR count). The van der Waals surface area contributed by atoms with Crippen LogP contribution in [0.3, 0.4) is 0 Å². The molecule has 0 bridgehead atoms. The zero-order valence-electron chi connectivity index (χ0n) is 18.4. The molecule has 7 heteroatoms. The van der Waals surface area contributed by atoms with Gasteiger partial charge < -0.3 is 15.2 Å². The number of nitrogens with one attached hydrogen (secondary N) is 1. The predicted molar refractivity (Wildman–Crippen MR) is 117 cm³/mol. The number of Topliss-reactive ketones (excluding diaryl/α,β-unsaturated/α-hetero) is 1. The number of benzene rings is 1. The number of ether oxygens (including phenoxy) is 1. The largest absolute Gasteiger partial charge is 0.481 e. The highest BCUT2D eigenvalue weighted by molar-refractivity contribution is 5.90. The maximum Gasteiger partial charge on any atom is 0.408 e. The van der Waals surface area contributed by atoms with Gasteiger partial charge in [0.25, 0.3) is 0 Å². The van der Waals surface area contributed by atoms with Gasteiger partial charge in [0.1, 0.15) is 5.60 Å². The van der Waals surface area contributed by atoms with Crippen molar-refractivity contribution in [3.63, 3.8) is 0 Å². The Kier molecular flexibility index (Phi) is 8.30. The number of hydrogen-bond acceptors (Lipinski definition) is 5. The van der Waals surface area contributed by atoms with Gasteiger partial charge in [-0.05, 0) is 44.9 Å². The number of carbonyl (C=O) groups is 3. The van der Waals surface area contributed by atoms with E-state index < -0.39 is 35.5 Å². The molecule has 0 aliphatic carbocycles. The molecule has 1 amide bonds. The van der Waals surface area contributed by atoms with Crippen LogP contribution in [0.15, 0.2) is 54.7 Å². The Morgan fingerprint density at radius 3 is 2.26 bits per heavy atom. The molecule has 1 heterocycles. The highest BCUT2D eigenvalue weighted by Crippen LogP contribution is 2.26. The minimum absolute atomic E-state index is 0.236. The molecule has 31 heavy (non-hydrogen) atoms. The number of carbonyl (C=O) groups excluding carboxylic acids is 2. The predicted octanol–water partition coefficient (Wildman–Crippen LogP) is 3.98. The van der Waals surface area contributed by atoms with Crippen LogP contribution in [0.4, 0.5) is 4.79 Å². The average Bonchev–Trinajstić information content (AvgIpc) is 2.70. The number of nitrogens with zero attached hydrogens (tertiary/aromatic N) is 1. The third kappa shape index (κ3) is 7.85. The molecule has 0 saturated heterocycles. The smallest absolute Gasteiger partial charge is 0.408 e. The SMILES string of the molecule is CC(c1ccccn1)C(CC(=O)C(Cc1ccccc1)NC(=O)OC(C)(C)C)C(=O)O. The van der Waals surface area contributed by atoms with Crippen LogP contribution in [0, 0.1) is 5.92 Å². The Morgan fingerprint density at radius 2 is 1.71 bits per heavy atom. The quantitative estimate of drug-likeness (QED) is 0.628. The number of aliphatic carboxylic acids is 1. The Morgan fingerprint density at radius 1 is 1.06 bits per heavy atom. The van der Waals surface area contributed by atoms with Crippen molar-refractivity contribution >= 4 is 17.8 Å². The van der Waals surface area contributed by atoms with Gasteiger partial charge in [-0.15, -0.1) is 0 Å². The Hall–Kier alpha value is -3.22. The van der Waals surface area contributed by atoms with Gasteiger partial charge in [-0.2, -0.15) is 0 Å². The van der Waals surface area contributed by atoms with Crippen LogP contribution in [0.1, 0.15) is 51.3 Å². The van der Waals surface area contributed by atoms with Crippen LogP contribution in [0.25, 0.3) is 0 Å². The van der Waals surface area contributed by atoms with Crippen molar-refractivity contribution < 1.29 is 24.2 Å². The second-order valence-electron chi connectivity index (χ2n) is 8.55. The zero-order valence-corrected chi connectivity index (χ0v) is 18.4. The van der Waals surface area contributed by atoms with Crippen LogP contribution >= 0.6 is 0 Å². The Labute approximate surface area is 182 Å². The number of hydrogen-bond donors (Lipinski definition) is 2. The highest BCUT2D eigenvalue weighted by Gasteiger charge is 2.33. The van der Waals surface area contributed by atoms with E-state index in [1.807, 2.05) is 30.3 Å². The van der Waals surface area contributed by atoms with Gasteiger partial charge >= 0.3 is 12.1 Å². The first kappa shape index (κ1) is 24.1. The first-order valence-electron chi connectivity index (χ1n) is 10.3. The molecule has 3 unspecified atom stereocenters. The van der Waals surface area contributed by atoms with E-state index in [2.05, 4.69) is 10.3 Å². The van der Waals surface area contributed by atoms with Crippen molar-refractivity contribution in [3.05, 3.63) is 66.0 Å². The van der Waals surface area contributed by atoms with E-state index in [4.69, 9.17) is 4.74 Å². The fraction of sp³-hybridized carbons (Fsp3) is 0.417. The molecular weight excluding hydrogens is 396 g/mol. The van der Waals surface area contributed by atoms with E-state index in [1.54, 1.807) is 52.1 Å². The van der Waals surface area contributed by atoms with Gasteiger partial charge in [0.2, 0.25) is 0 Å². The number of alkyl carbamates (subject to hydrolysis) is 1. The first-order valence-corrected chi connectivity index (χ1v) is 10.3. The van der Waals surface area contributed by atoms with Gasteiger partial charge in [-0.1, -0.05) is 43.3 Å². The van der Waals surface area contributed by atoms with Crippen molar-refractivity contribution in [2.24, 2.45) is 5.92 Å². The first-order chi connectivity index (χ1) is 14.6. The number of ketones is 1. The summed E-state index contributed by atoms with van der Waals surface area (Å²) in [5, 5.41) is 12.4. The molecular formula is C24H30N2O5. The van der Waals surface area contributed by atoms with Gasteiger partial charge in [0.15, 0.2) is 5.78 Å². The summed E-state index contributed by atoms with van der Waals surface area (Å²) < 4.78 is 5.30. The van der Waals surface area contributed by atoms with Crippen LogP contribution in [0.2, 0.25) is 0 Å². The molecule has 2 N–H and O–H groups in total. The number of aromatic nitrogens is 1. The van der Waals surface area contributed by atoms with E-state index in [1.165, 1.54) is 0 Å². The lowest BCUT2D eigenvalue weighted by Crippen LogP contribution is -2.45. The minimum Gasteiger partial charge on any atom is -0.481 e. The lowest BCUT2D eigenvalue weighted by atomic mass is 9.84. The summed E-state index contributed by atoms with van der Waals surface area (Å²) in [6, 6.07) is 13.6. The van der Waals surface area contributed by atoms with Crippen LogP contribution in [-0.2, 0) is 20.7 Å². The average molecular weight is 427 g/mol. The molecule has 0 fully saturated rings. The summed E-state index contributed by atoms with van der Waals surface area (Å²) >= 11 is 0. The monoisotopic (exact) mass is 426 g/mol. The zero-order chi connectivity index (χ0) is 23.0. The maximum absolute atomic E-state index is 13.1. The van der Waals surface area contributed by atoms with Gasteiger partial charge in [0.05, 0.1) is 12.0 Å². The van der Waals surface area contributed by atoms with Gasteiger partial charge in [-0.25, -0.2) is 4.79 Å². The summed E-state index contributed by atoms with van der Waals surface area (Å²) in [5.41, 5.74) is 0.727. The fourth-order valence-corrected chi connectivity index (χ4v) is 3.23. The van der Waals surface area contributed by atoms with E-state index in [0.717, 1.165) is 5.56 Å². The minimum atomic E-state index is -1.08. The third-order valence-corrected chi connectivity index (χ3v) is 4.86. The second-order valence-corrected chi connectivity index (χ2v) is 8.55. The normalized spacial score (nSPS) is 14.2. The van der Waals surface area contributed by atoms with Crippen molar-refractivity contribution in [1.29, 1.82) is 0 Å². The molecule has 0 aliphatic rings. The van der Waals surface area contributed by atoms with Crippen LogP contribution in [0.5, 0.6) is 0 Å². The molecule has 2 aromatic rings. The second kappa shape index (κ2) is 10.7. The summed E-state index contributed by atoms with van der Waals surface area (Å²) in [5.74, 6) is -2.89. The highest BCUT2D eigenvalue weighted by atomic mass is 16.6. The summed E-state index contributed by atoms with van der Waals surface area (Å²) in [4.78, 5) is 41.6. The fourth-order valence-electron chi connectivity index (χ4n) is 3.23. The molecule has 0 radical (unpaired) electrons. The van der Waals surface area contributed by atoms with Gasteiger partial charge in [0, 0.05) is 24.2 Å². The molecule has 0 saturated carbocycles. The van der Waals surface area contributed by atoms with E-state index in [9.17, 15) is 19.5 Å². The van der Waals surface area contributed by atoms with Crippen molar-refractivity contribution in [2.45, 2.75) is 58.1 Å². The lowest BCUT2D eigenvalue weighted by molar-refractivity contribution is -0.144. The molecule has 1 aromatic carbocycles. The Balaban J connectivity index is 2.20. The summed E-state index contributed by atoms with van der Waals surface area (Å²) in [7, 11) is 0. The number of rotatable bonds is 9. The molecule has 166 valence electrons. The Bertz CT molecular complexity index is 878. The maximum atomic E-state index is 13.1. The molecule has 0 spiro atoms. The molecule has 0 aliphatic heterocycles. The topological polar surface area (TPSA) is 106 Å². The van der Waals surface area contributed by atoms with E-state index in [0.29, 0.717) is 5.69 Å². The third-order valence-electron chi connectivity index (χ3n) is 4.86.